The molecule has 3 atom stereocenters. The van der Waals surface area contributed by atoms with Gasteiger partial charge >= 0.3 is 6.09 Å². The predicted molar refractivity (Wildman–Crippen MR) is 80.1 cm³/mol. The third-order valence-corrected chi connectivity index (χ3v) is 4.11. The van der Waals surface area contributed by atoms with Gasteiger partial charge in [0.25, 0.3) is 0 Å². The molecule has 2 N–H and O–H groups in total. The Morgan fingerprint density at radius 2 is 1.76 bits per heavy atom. The summed E-state index contributed by atoms with van der Waals surface area (Å²) in [5.74, 6) is 0.172. The molecule has 0 saturated heterocycles. The second-order valence-electron chi connectivity index (χ2n) is 7.13. The molecule has 0 aromatic carbocycles. The molecule has 0 aromatic heterocycles. The first-order valence-electron chi connectivity index (χ1n) is 7.44. The van der Waals surface area contributed by atoms with E-state index in [0.29, 0.717) is 19.3 Å². The van der Waals surface area contributed by atoms with Crippen molar-refractivity contribution in [2.24, 2.45) is 5.92 Å². The molecule has 0 aliphatic heterocycles. The molecule has 1 saturated carbocycles. The van der Waals surface area contributed by atoms with E-state index in [9.17, 15) is 19.8 Å². The van der Waals surface area contributed by atoms with Crippen LogP contribution in [0.1, 0.15) is 46.5 Å². The molecule has 1 aliphatic carbocycles. The topological polar surface area (TPSA) is 81.1 Å². The van der Waals surface area contributed by atoms with Crippen LogP contribution in [0.25, 0.3) is 0 Å². The first kappa shape index (κ1) is 17.8. The van der Waals surface area contributed by atoms with E-state index in [0.717, 1.165) is 6.42 Å². The quantitative estimate of drug-likeness (QED) is 0.832. The lowest BCUT2D eigenvalue weighted by molar-refractivity contribution is -0.130. The van der Waals surface area contributed by atoms with E-state index in [4.69, 9.17) is 0 Å². The summed E-state index contributed by atoms with van der Waals surface area (Å²) in [6.45, 7) is 5.47. The van der Waals surface area contributed by atoms with Gasteiger partial charge in [0.15, 0.2) is 0 Å². The summed E-state index contributed by atoms with van der Waals surface area (Å²) in [5.41, 5.74) is -0.578. The number of amides is 2. The average Bonchev–Trinajstić information content (AvgIpc) is 2.30. The highest BCUT2D eigenvalue weighted by atomic mass is 16.4. The Bertz CT molecular complexity index is 390. The van der Waals surface area contributed by atoms with Crippen molar-refractivity contribution in [1.82, 2.24) is 9.80 Å². The van der Waals surface area contributed by atoms with Crippen molar-refractivity contribution in [2.75, 3.05) is 14.1 Å². The first-order chi connectivity index (χ1) is 9.54. The van der Waals surface area contributed by atoms with E-state index >= 15 is 0 Å². The second-order valence-corrected chi connectivity index (χ2v) is 7.13. The molecule has 6 heteroatoms. The summed E-state index contributed by atoms with van der Waals surface area (Å²) < 4.78 is 0. The summed E-state index contributed by atoms with van der Waals surface area (Å²) in [4.78, 5) is 26.3. The monoisotopic (exact) mass is 300 g/mol. The minimum atomic E-state index is -1.02. The maximum atomic E-state index is 11.8. The lowest BCUT2D eigenvalue weighted by atomic mass is 9.80. The summed E-state index contributed by atoms with van der Waals surface area (Å²) in [6, 6.07) is -0.448. The Morgan fingerprint density at radius 3 is 2.19 bits per heavy atom. The van der Waals surface area contributed by atoms with Gasteiger partial charge in [-0.15, -0.1) is 0 Å². The first-order valence-corrected chi connectivity index (χ1v) is 7.44. The van der Waals surface area contributed by atoms with Crippen LogP contribution in [0.3, 0.4) is 0 Å². The number of carbonyl (C=O) groups excluding carboxylic acids is 1. The van der Waals surface area contributed by atoms with E-state index in [2.05, 4.69) is 0 Å². The van der Waals surface area contributed by atoms with Crippen molar-refractivity contribution >= 4 is 12.0 Å². The van der Waals surface area contributed by atoms with Crippen LogP contribution >= 0.6 is 0 Å². The van der Waals surface area contributed by atoms with E-state index in [1.54, 1.807) is 19.0 Å². The lowest BCUT2D eigenvalue weighted by Gasteiger charge is -2.45. The standard InChI is InChI=1S/C15H28N2O4/c1-15(2,3)17(14(20)21)11-8-10(6-7-12(11)18)9-13(19)16(4)5/h10-12,18H,6-9H2,1-5H3,(H,20,21)/t10-,11+,12+/m0/s1. The molecular formula is C15H28N2O4. The molecule has 1 rings (SSSR count). The molecule has 0 unspecified atom stereocenters. The lowest BCUT2D eigenvalue weighted by Crippen LogP contribution is -2.57. The van der Waals surface area contributed by atoms with Gasteiger partial charge < -0.3 is 15.1 Å². The summed E-state index contributed by atoms with van der Waals surface area (Å²) in [5, 5.41) is 19.7. The third kappa shape index (κ3) is 4.59. The van der Waals surface area contributed by atoms with Gasteiger partial charge in [-0.05, 0) is 46.0 Å². The van der Waals surface area contributed by atoms with Crippen LogP contribution in [0.4, 0.5) is 4.79 Å². The average molecular weight is 300 g/mol. The number of aliphatic hydroxyl groups excluding tert-OH is 1. The molecule has 6 nitrogen and oxygen atoms in total. The van der Waals surface area contributed by atoms with E-state index in [1.807, 2.05) is 20.8 Å². The molecular weight excluding hydrogens is 272 g/mol. The van der Waals surface area contributed by atoms with Crippen molar-refractivity contribution < 1.29 is 19.8 Å². The van der Waals surface area contributed by atoms with Crippen LogP contribution in [0.2, 0.25) is 0 Å². The minimum absolute atomic E-state index is 0.0489. The van der Waals surface area contributed by atoms with Crippen molar-refractivity contribution in [3.63, 3.8) is 0 Å². The normalized spacial score (nSPS) is 26.3. The second kappa shape index (κ2) is 6.64. The van der Waals surface area contributed by atoms with Crippen LogP contribution < -0.4 is 0 Å². The number of carbonyl (C=O) groups is 2. The molecule has 1 aliphatic rings. The van der Waals surface area contributed by atoms with Crippen molar-refractivity contribution in [3.05, 3.63) is 0 Å². The largest absolute Gasteiger partial charge is 0.465 e. The summed E-state index contributed by atoms with van der Waals surface area (Å²) in [7, 11) is 3.44. The Kier molecular flexibility index (Phi) is 5.61. The molecule has 122 valence electrons. The van der Waals surface area contributed by atoms with Crippen molar-refractivity contribution in [3.8, 4) is 0 Å². The fourth-order valence-corrected chi connectivity index (χ4v) is 3.03. The van der Waals surface area contributed by atoms with Crippen molar-refractivity contribution in [1.29, 1.82) is 0 Å². The minimum Gasteiger partial charge on any atom is -0.465 e. The van der Waals surface area contributed by atoms with Gasteiger partial charge in [0.2, 0.25) is 5.91 Å². The molecule has 1 fully saturated rings. The Hall–Kier alpha value is -1.30. The van der Waals surface area contributed by atoms with E-state index in [-0.39, 0.29) is 11.8 Å². The van der Waals surface area contributed by atoms with Gasteiger partial charge in [0.1, 0.15) is 0 Å². The molecule has 0 aromatic rings. The molecule has 21 heavy (non-hydrogen) atoms. The SMILES string of the molecule is CN(C)C(=O)C[C@H]1CC[C@@H](O)[C@H](N(C(=O)O)C(C)(C)C)C1. The summed E-state index contributed by atoms with van der Waals surface area (Å²) in [6.07, 6.45) is 0.556. The van der Waals surface area contributed by atoms with Crippen LogP contribution in [0, 0.1) is 5.92 Å². The highest BCUT2D eigenvalue weighted by Gasteiger charge is 2.41. The van der Waals surface area contributed by atoms with Crippen LogP contribution in [0.15, 0.2) is 0 Å². The maximum absolute atomic E-state index is 11.8. The highest BCUT2D eigenvalue weighted by Crippen LogP contribution is 2.33. The Labute approximate surface area is 126 Å². The molecule has 0 heterocycles. The van der Waals surface area contributed by atoms with Crippen LogP contribution in [-0.2, 0) is 4.79 Å². The maximum Gasteiger partial charge on any atom is 0.408 e. The zero-order chi connectivity index (χ0) is 16.4. The highest BCUT2D eigenvalue weighted by molar-refractivity contribution is 5.75. The number of aliphatic hydroxyl groups is 1. The summed E-state index contributed by atoms with van der Waals surface area (Å²) >= 11 is 0. The van der Waals surface area contributed by atoms with E-state index < -0.39 is 23.8 Å². The van der Waals surface area contributed by atoms with Gasteiger partial charge in [0.05, 0.1) is 12.1 Å². The van der Waals surface area contributed by atoms with Gasteiger partial charge in [-0.1, -0.05) is 0 Å². The third-order valence-electron chi connectivity index (χ3n) is 4.11. The van der Waals surface area contributed by atoms with Gasteiger partial charge in [-0.3, -0.25) is 9.69 Å². The molecule has 0 radical (unpaired) electrons. The molecule has 2 amide bonds. The number of nitrogens with zero attached hydrogens (tertiary/aromatic N) is 2. The predicted octanol–water partition coefficient (Wildman–Crippen LogP) is 1.77. The van der Waals surface area contributed by atoms with Crippen LogP contribution in [-0.4, -0.2) is 63.8 Å². The smallest absolute Gasteiger partial charge is 0.408 e. The molecule has 0 bridgehead atoms. The molecule has 0 spiro atoms. The van der Waals surface area contributed by atoms with Gasteiger partial charge in [-0.25, -0.2) is 4.79 Å². The fourth-order valence-electron chi connectivity index (χ4n) is 3.03. The number of hydrogen-bond acceptors (Lipinski definition) is 3. The Balaban J connectivity index is 2.84. The van der Waals surface area contributed by atoms with Gasteiger partial charge in [-0.2, -0.15) is 0 Å². The van der Waals surface area contributed by atoms with Crippen LogP contribution in [0.5, 0.6) is 0 Å². The number of hydrogen-bond donors (Lipinski definition) is 2. The fraction of sp³-hybridized carbons (Fsp3) is 0.867. The number of rotatable bonds is 3. The zero-order valence-corrected chi connectivity index (χ0v) is 13.7. The number of carboxylic acid groups (broad SMARTS) is 1. The Morgan fingerprint density at radius 1 is 1.19 bits per heavy atom. The van der Waals surface area contributed by atoms with Crippen molar-refractivity contribution in [2.45, 2.75) is 64.1 Å². The van der Waals surface area contributed by atoms with E-state index in [1.165, 1.54) is 4.90 Å². The zero-order valence-electron chi connectivity index (χ0n) is 13.7. The van der Waals surface area contributed by atoms with Gasteiger partial charge in [0, 0.05) is 26.1 Å².